The third kappa shape index (κ3) is 7.08. The molecule has 0 radical (unpaired) electrons. The molecule has 4 nitrogen and oxygen atoms in total. The van der Waals surface area contributed by atoms with Crippen LogP contribution in [0.25, 0.3) is 122 Å². The van der Waals surface area contributed by atoms with Crippen LogP contribution in [0, 0.1) is 13.8 Å². The number of hydrogen-bond donors (Lipinski definition) is 0. The summed E-state index contributed by atoms with van der Waals surface area (Å²) in [4.78, 5) is 10.7. The Balaban J connectivity index is 1.08. The van der Waals surface area contributed by atoms with E-state index in [2.05, 4.69) is 254 Å². The second-order valence-corrected chi connectivity index (χ2v) is 18.4. The molecule has 0 saturated heterocycles. The molecule has 10 aromatic carbocycles. The van der Waals surface area contributed by atoms with Gasteiger partial charge in [0.05, 0.1) is 44.8 Å². The van der Waals surface area contributed by atoms with Crippen LogP contribution in [0.3, 0.4) is 0 Å². The molecule has 0 N–H and O–H groups in total. The van der Waals surface area contributed by atoms with Crippen LogP contribution < -0.4 is 0 Å². The largest absolute Gasteiger partial charge is 0.309 e. The summed E-state index contributed by atoms with van der Waals surface area (Å²) in [7, 11) is 0. The first-order chi connectivity index (χ1) is 34.5. The van der Waals surface area contributed by atoms with E-state index in [1.165, 1.54) is 54.9 Å². The highest BCUT2D eigenvalue weighted by atomic mass is 15.0. The standard InChI is InChI=1S/C66H46N4/c1-43-17-15-23-47(37-43)49-32-35-63-56(39-49)53-26-10-13-29-61(53)69(63)60-28-12-9-25-52(60)55-34-31-51(66-67-58(45-19-5-3-6-20-45)42-59(68-66)46-21-7-4-8-22-46)41-65(55)70-62-30-14-11-27-54(62)57-40-50(33-36-64(57)70)48-24-16-18-44(2)38-48/h3-42H,1-2H3. The zero-order valence-electron chi connectivity index (χ0n) is 38.9. The summed E-state index contributed by atoms with van der Waals surface area (Å²) in [6.07, 6.45) is 0. The Morgan fingerprint density at radius 3 is 1.26 bits per heavy atom. The molecule has 0 amide bonds. The van der Waals surface area contributed by atoms with Gasteiger partial charge < -0.3 is 9.13 Å². The van der Waals surface area contributed by atoms with Crippen molar-refractivity contribution in [3.8, 4) is 78.7 Å². The van der Waals surface area contributed by atoms with Gasteiger partial charge in [-0.3, -0.25) is 0 Å². The lowest BCUT2D eigenvalue weighted by Crippen LogP contribution is -2.03. The van der Waals surface area contributed by atoms with Crippen molar-refractivity contribution >= 4 is 43.6 Å². The molecule has 13 aromatic rings. The van der Waals surface area contributed by atoms with Gasteiger partial charge in [-0.2, -0.15) is 0 Å². The number of fused-ring (bicyclic) bond motifs is 6. The first-order valence-corrected chi connectivity index (χ1v) is 24.0. The summed E-state index contributed by atoms with van der Waals surface area (Å²) in [5, 5.41) is 4.82. The Kier molecular flexibility index (Phi) is 9.91. The van der Waals surface area contributed by atoms with Crippen molar-refractivity contribution in [1.29, 1.82) is 0 Å². The van der Waals surface area contributed by atoms with Gasteiger partial charge in [-0.1, -0.05) is 199 Å². The van der Waals surface area contributed by atoms with Gasteiger partial charge >= 0.3 is 0 Å². The van der Waals surface area contributed by atoms with Crippen LogP contribution in [0.5, 0.6) is 0 Å². The molecule has 0 atom stereocenters. The molecule has 0 bridgehead atoms. The van der Waals surface area contributed by atoms with Crippen LogP contribution >= 0.6 is 0 Å². The van der Waals surface area contributed by atoms with E-state index in [9.17, 15) is 0 Å². The van der Waals surface area contributed by atoms with Crippen molar-refractivity contribution < 1.29 is 0 Å². The minimum atomic E-state index is 0.663. The number of para-hydroxylation sites is 3. The third-order valence-corrected chi connectivity index (χ3v) is 13.8. The van der Waals surface area contributed by atoms with Crippen molar-refractivity contribution in [3.05, 3.63) is 254 Å². The van der Waals surface area contributed by atoms with Crippen molar-refractivity contribution in [3.63, 3.8) is 0 Å². The van der Waals surface area contributed by atoms with E-state index in [1.54, 1.807) is 0 Å². The maximum absolute atomic E-state index is 5.34. The highest BCUT2D eigenvalue weighted by molar-refractivity contribution is 6.13. The Bertz CT molecular complexity index is 4080. The molecule has 0 unspecified atom stereocenters. The van der Waals surface area contributed by atoms with E-state index in [4.69, 9.17) is 9.97 Å². The van der Waals surface area contributed by atoms with Crippen molar-refractivity contribution in [2.45, 2.75) is 13.8 Å². The Morgan fingerprint density at radius 1 is 0.271 bits per heavy atom. The molecule has 4 heteroatoms. The van der Waals surface area contributed by atoms with Crippen molar-refractivity contribution in [2.75, 3.05) is 0 Å². The van der Waals surface area contributed by atoms with Gasteiger partial charge in [0.25, 0.3) is 0 Å². The molecule has 0 saturated carbocycles. The van der Waals surface area contributed by atoms with Gasteiger partial charge in [-0.15, -0.1) is 0 Å². The number of nitrogens with zero attached hydrogens (tertiary/aromatic N) is 4. The van der Waals surface area contributed by atoms with Crippen LogP contribution in [0.4, 0.5) is 0 Å². The molecule has 330 valence electrons. The zero-order valence-corrected chi connectivity index (χ0v) is 38.9. The molecule has 70 heavy (non-hydrogen) atoms. The van der Waals surface area contributed by atoms with E-state index < -0.39 is 0 Å². The molecule has 3 aromatic heterocycles. The lowest BCUT2D eigenvalue weighted by molar-refractivity contribution is 1.15. The molecule has 0 spiro atoms. The quantitative estimate of drug-likeness (QED) is 0.152. The fourth-order valence-electron chi connectivity index (χ4n) is 10.5. The van der Waals surface area contributed by atoms with Crippen molar-refractivity contribution in [2.24, 2.45) is 0 Å². The molecule has 3 heterocycles. The fourth-order valence-corrected chi connectivity index (χ4v) is 10.5. The van der Waals surface area contributed by atoms with E-state index in [0.717, 1.165) is 72.6 Å². The van der Waals surface area contributed by atoms with Gasteiger partial charge in [0.1, 0.15) is 0 Å². The topological polar surface area (TPSA) is 35.6 Å². The summed E-state index contributed by atoms with van der Waals surface area (Å²) in [5.41, 5.74) is 21.0. The number of benzene rings is 10. The predicted octanol–water partition coefficient (Wildman–Crippen LogP) is 17.3. The monoisotopic (exact) mass is 894 g/mol. The van der Waals surface area contributed by atoms with Crippen LogP contribution in [0.2, 0.25) is 0 Å². The van der Waals surface area contributed by atoms with Gasteiger partial charge in [0.15, 0.2) is 5.82 Å². The average Bonchev–Trinajstić information content (AvgIpc) is 3.93. The van der Waals surface area contributed by atoms with Crippen LogP contribution in [0.15, 0.2) is 243 Å². The number of aryl methyl sites for hydroxylation is 2. The number of rotatable bonds is 8. The van der Waals surface area contributed by atoms with Gasteiger partial charge in [-0.25, -0.2) is 9.97 Å². The lowest BCUT2D eigenvalue weighted by atomic mass is 9.98. The first kappa shape index (κ1) is 41.1. The molecule has 13 rings (SSSR count). The summed E-state index contributed by atoms with van der Waals surface area (Å²) in [6, 6.07) is 87.7. The maximum atomic E-state index is 5.34. The third-order valence-electron chi connectivity index (χ3n) is 13.8. The van der Waals surface area contributed by atoms with Gasteiger partial charge in [0.2, 0.25) is 0 Å². The van der Waals surface area contributed by atoms with Crippen LogP contribution in [-0.2, 0) is 0 Å². The Morgan fingerprint density at radius 2 is 0.700 bits per heavy atom. The minimum absolute atomic E-state index is 0.663. The van der Waals surface area contributed by atoms with E-state index in [-0.39, 0.29) is 0 Å². The predicted molar refractivity (Wildman–Crippen MR) is 293 cm³/mol. The first-order valence-electron chi connectivity index (χ1n) is 24.0. The van der Waals surface area contributed by atoms with E-state index in [0.29, 0.717) is 5.82 Å². The SMILES string of the molecule is Cc1cccc(-c2ccc3c(c2)c2ccccc2n3-c2ccccc2-c2ccc(-c3nc(-c4ccccc4)cc(-c4ccccc4)n3)cc2-n2c3ccccc3c3cc(-c4cccc(C)c4)ccc32)c1. The Hall–Kier alpha value is -9.12. The fraction of sp³-hybridized carbons (Fsp3) is 0.0303. The maximum Gasteiger partial charge on any atom is 0.160 e. The lowest BCUT2D eigenvalue weighted by Gasteiger charge is -2.20. The highest BCUT2D eigenvalue weighted by Gasteiger charge is 2.23. The van der Waals surface area contributed by atoms with Gasteiger partial charge in [0, 0.05) is 49.4 Å². The summed E-state index contributed by atoms with van der Waals surface area (Å²) >= 11 is 0. The molecule has 0 aliphatic rings. The number of aromatic nitrogens is 4. The van der Waals surface area contributed by atoms with Gasteiger partial charge in [-0.05, 0) is 90.7 Å². The normalized spacial score (nSPS) is 11.6. The second-order valence-electron chi connectivity index (χ2n) is 18.4. The minimum Gasteiger partial charge on any atom is -0.309 e. The number of hydrogen-bond acceptors (Lipinski definition) is 2. The van der Waals surface area contributed by atoms with E-state index >= 15 is 0 Å². The second kappa shape index (κ2) is 16.9. The molecular formula is C66H46N4. The Labute approximate surface area is 407 Å². The summed E-state index contributed by atoms with van der Waals surface area (Å²) in [5.74, 6) is 0.663. The van der Waals surface area contributed by atoms with Crippen molar-refractivity contribution in [1.82, 2.24) is 19.1 Å². The molecule has 0 fully saturated rings. The smallest absolute Gasteiger partial charge is 0.160 e. The summed E-state index contributed by atoms with van der Waals surface area (Å²) < 4.78 is 4.91. The molecular weight excluding hydrogens is 849 g/mol. The van der Waals surface area contributed by atoms with Crippen LogP contribution in [-0.4, -0.2) is 19.1 Å². The molecule has 0 aliphatic carbocycles. The summed E-state index contributed by atoms with van der Waals surface area (Å²) in [6.45, 7) is 4.31. The van der Waals surface area contributed by atoms with Crippen LogP contribution in [0.1, 0.15) is 11.1 Å². The average molecular weight is 895 g/mol. The zero-order chi connectivity index (χ0) is 46.7. The molecule has 0 aliphatic heterocycles. The highest BCUT2D eigenvalue weighted by Crippen LogP contribution is 2.43. The van der Waals surface area contributed by atoms with E-state index in [1.807, 2.05) is 12.1 Å².